The van der Waals surface area contributed by atoms with Gasteiger partial charge < -0.3 is 15.5 Å². The van der Waals surface area contributed by atoms with E-state index in [4.69, 9.17) is 12.6 Å². The van der Waals surface area contributed by atoms with Crippen LogP contribution in [0.3, 0.4) is 0 Å². The fourth-order valence-electron chi connectivity index (χ4n) is 5.16. The van der Waals surface area contributed by atoms with Crippen molar-refractivity contribution in [2.24, 2.45) is 5.92 Å². The number of thioether (sulfide) groups is 1. The molecule has 0 bridgehead atoms. The van der Waals surface area contributed by atoms with E-state index in [9.17, 15) is 24.0 Å². The molecule has 1 fully saturated rings. The minimum atomic E-state index is -0.616. The highest BCUT2D eigenvalue weighted by Gasteiger charge is 2.38. The maximum Gasteiger partial charge on any atom is 0.317 e. The normalized spacial score (nSPS) is 19.5. The molecule has 4 unspecified atom stereocenters. The summed E-state index contributed by atoms with van der Waals surface area (Å²) >= 11 is 6.23. The van der Waals surface area contributed by atoms with Gasteiger partial charge in [0.05, 0.1) is 22.4 Å². The van der Waals surface area contributed by atoms with Crippen molar-refractivity contribution in [1.82, 2.24) is 20.4 Å². The Hall–Kier alpha value is -3.31. The number of rotatable bonds is 12. The van der Waals surface area contributed by atoms with Crippen molar-refractivity contribution >= 4 is 53.9 Å². The first-order valence-corrected chi connectivity index (χ1v) is 15.7. The van der Waals surface area contributed by atoms with Gasteiger partial charge in [-0.3, -0.25) is 24.1 Å². The number of carbonyl (C=O) groups is 5. The second-order valence-electron chi connectivity index (χ2n) is 11.2. The maximum absolute atomic E-state index is 13.4. The van der Waals surface area contributed by atoms with E-state index in [0.29, 0.717) is 37.1 Å². The van der Waals surface area contributed by atoms with E-state index < -0.39 is 11.3 Å². The molecule has 11 heteroatoms. The molecule has 224 valence electrons. The lowest BCUT2D eigenvalue weighted by atomic mass is 10.0. The number of amides is 5. The van der Waals surface area contributed by atoms with Crippen molar-refractivity contribution in [2.45, 2.75) is 55.4 Å². The molecule has 2 aromatic rings. The number of urea groups is 1. The molecule has 4 rings (SSSR count). The summed E-state index contributed by atoms with van der Waals surface area (Å²) < 4.78 is 0. The summed E-state index contributed by atoms with van der Waals surface area (Å²) in [5.41, 5.74) is 1.73. The van der Waals surface area contributed by atoms with Gasteiger partial charge in [0.2, 0.25) is 5.91 Å². The zero-order chi connectivity index (χ0) is 30.4. The molecular formula is C31H38N4O5S2. The summed E-state index contributed by atoms with van der Waals surface area (Å²) in [7, 11) is 0. The number of Topliss-reactive ketones (excluding diaryl/α,β-unsaturated/α-hetero) is 1. The van der Waals surface area contributed by atoms with Crippen molar-refractivity contribution in [3.63, 3.8) is 0 Å². The number of likely N-dealkylation sites (tertiary alicyclic amines) is 1. The average Bonchev–Trinajstić information content (AvgIpc) is 3.44. The van der Waals surface area contributed by atoms with Crippen LogP contribution in [0.25, 0.3) is 0 Å². The number of hydrogen-bond donors (Lipinski definition) is 3. The lowest BCUT2D eigenvalue weighted by Crippen LogP contribution is -2.46. The number of fused-ring (bicyclic) bond motifs is 1. The summed E-state index contributed by atoms with van der Waals surface area (Å²) in [6.45, 7) is 6.60. The SMILES string of the molecule is CC(=O)C(Cc1ccccc1)NC(=O)C(CC(C)C)SC1CN(C(=O)NCCN2C(=O)c3ccccc3C2=O)CC1S. The van der Waals surface area contributed by atoms with E-state index in [2.05, 4.69) is 10.6 Å². The van der Waals surface area contributed by atoms with E-state index >= 15 is 0 Å². The quantitative estimate of drug-likeness (QED) is 0.251. The van der Waals surface area contributed by atoms with Crippen molar-refractivity contribution < 1.29 is 24.0 Å². The van der Waals surface area contributed by atoms with Gasteiger partial charge in [-0.05, 0) is 43.4 Å². The molecule has 0 radical (unpaired) electrons. The van der Waals surface area contributed by atoms with Gasteiger partial charge in [-0.2, -0.15) is 12.6 Å². The Kier molecular flexibility index (Phi) is 10.7. The third-order valence-corrected chi connectivity index (χ3v) is 9.71. The third-order valence-electron chi connectivity index (χ3n) is 7.42. The summed E-state index contributed by atoms with van der Waals surface area (Å²) in [5, 5.41) is 5.15. The molecule has 42 heavy (non-hydrogen) atoms. The van der Waals surface area contributed by atoms with Gasteiger partial charge in [-0.15, -0.1) is 11.8 Å². The lowest BCUT2D eigenvalue weighted by Gasteiger charge is -2.25. The fourth-order valence-corrected chi connectivity index (χ4v) is 7.30. The fraction of sp³-hybridized carbons (Fsp3) is 0.452. The topological polar surface area (TPSA) is 116 Å². The van der Waals surface area contributed by atoms with Gasteiger partial charge in [0.15, 0.2) is 5.78 Å². The number of hydrogen-bond acceptors (Lipinski definition) is 7. The molecule has 4 atom stereocenters. The largest absolute Gasteiger partial charge is 0.345 e. The number of benzene rings is 2. The monoisotopic (exact) mass is 610 g/mol. The first-order chi connectivity index (χ1) is 20.0. The molecule has 2 heterocycles. The van der Waals surface area contributed by atoms with Crippen LogP contribution in [0, 0.1) is 5.92 Å². The molecule has 2 aliphatic heterocycles. The first kappa shape index (κ1) is 31.6. The third kappa shape index (κ3) is 7.74. The number of carbonyl (C=O) groups excluding carboxylic acids is 5. The van der Waals surface area contributed by atoms with E-state index in [1.54, 1.807) is 29.2 Å². The zero-order valence-electron chi connectivity index (χ0n) is 24.1. The average molecular weight is 611 g/mol. The molecule has 0 saturated carbocycles. The number of ketones is 1. The Morgan fingerprint density at radius 1 is 0.976 bits per heavy atom. The Morgan fingerprint density at radius 3 is 2.19 bits per heavy atom. The van der Waals surface area contributed by atoms with E-state index in [1.165, 1.54) is 18.7 Å². The molecular weight excluding hydrogens is 572 g/mol. The molecule has 2 N–H and O–H groups in total. The van der Waals surface area contributed by atoms with Gasteiger partial charge in [-0.1, -0.05) is 56.3 Å². The van der Waals surface area contributed by atoms with Gasteiger partial charge >= 0.3 is 6.03 Å². The van der Waals surface area contributed by atoms with Crippen molar-refractivity contribution in [2.75, 3.05) is 26.2 Å². The van der Waals surface area contributed by atoms with Gasteiger partial charge in [0.25, 0.3) is 11.8 Å². The van der Waals surface area contributed by atoms with Gasteiger partial charge in [0.1, 0.15) is 0 Å². The van der Waals surface area contributed by atoms with E-state index in [0.717, 1.165) is 10.5 Å². The zero-order valence-corrected chi connectivity index (χ0v) is 25.8. The van der Waals surface area contributed by atoms with Crippen LogP contribution in [0.15, 0.2) is 54.6 Å². The summed E-state index contributed by atoms with van der Waals surface area (Å²) in [4.78, 5) is 66.7. The molecule has 0 aromatic heterocycles. The number of imide groups is 1. The first-order valence-electron chi connectivity index (χ1n) is 14.2. The Bertz CT molecular complexity index is 1290. The predicted octanol–water partition coefficient (Wildman–Crippen LogP) is 3.44. The van der Waals surface area contributed by atoms with Crippen LogP contribution in [0.1, 0.15) is 53.5 Å². The summed E-state index contributed by atoms with van der Waals surface area (Å²) in [6, 6.07) is 15.4. The van der Waals surface area contributed by atoms with Crippen LogP contribution in [0.2, 0.25) is 0 Å². The number of nitrogens with zero attached hydrogens (tertiary/aromatic N) is 2. The molecule has 9 nitrogen and oxygen atoms in total. The van der Waals surface area contributed by atoms with Crippen LogP contribution in [-0.2, 0) is 16.0 Å². The van der Waals surface area contributed by atoms with E-state index in [-0.39, 0.29) is 59.0 Å². The molecule has 2 aliphatic rings. The van der Waals surface area contributed by atoms with Crippen molar-refractivity contribution in [3.05, 3.63) is 71.3 Å². The number of nitrogens with one attached hydrogen (secondary N) is 2. The summed E-state index contributed by atoms with van der Waals surface area (Å²) in [6.07, 6.45) is 1.05. The van der Waals surface area contributed by atoms with Gasteiger partial charge in [0, 0.05) is 36.7 Å². The predicted molar refractivity (Wildman–Crippen MR) is 167 cm³/mol. The molecule has 5 amide bonds. The highest BCUT2D eigenvalue weighted by molar-refractivity contribution is 8.02. The number of thiol groups is 1. The van der Waals surface area contributed by atoms with Gasteiger partial charge in [-0.25, -0.2) is 4.79 Å². The highest BCUT2D eigenvalue weighted by atomic mass is 32.2. The van der Waals surface area contributed by atoms with Crippen molar-refractivity contribution in [3.8, 4) is 0 Å². The smallest absolute Gasteiger partial charge is 0.317 e. The lowest BCUT2D eigenvalue weighted by molar-refractivity contribution is -0.126. The van der Waals surface area contributed by atoms with Crippen LogP contribution in [-0.4, -0.2) is 87.3 Å². The van der Waals surface area contributed by atoms with Crippen LogP contribution in [0.4, 0.5) is 4.79 Å². The molecule has 1 saturated heterocycles. The minimum Gasteiger partial charge on any atom is -0.345 e. The van der Waals surface area contributed by atoms with Crippen molar-refractivity contribution in [1.29, 1.82) is 0 Å². The second-order valence-corrected chi connectivity index (χ2v) is 13.3. The second kappa shape index (κ2) is 14.2. The highest BCUT2D eigenvalue weighted by Crippen LogP contribution is 2.33. The van der Waals surface area contributed by atoms with Crippen LogP contribution in [0.5, 0.6) is 0 Å². The van der Waals surface area contributed by atoms with E-state index in [1.807, 2.05) is 44.2 Å². The summed E-state index contributed by atoms with van der Waals surface area (Å²) in [5.74, 6) is -0.752. The Balaban J connectivity index is 1.30. The molecule has 2 aromatic carbocycles. The molecule has 0 spiro atoms. The standard InChI is InChI=1S/C31H38N4O5S2/c1-19(2)15-26(28(37)33-24(20(3)36)16-21-9-5-4-6-10-21)42-27-18-34(17-25(27)41)31(40)32-13-14-35-29(38)22-11-7-8-12-23(22)30(35)39/h4-12,19,24-27,41H,13-18H2,1-3H3,(H,32,40)(H,33,37). The minimum absolute atomic E-state index is 0.0747. The Labute approximate surface area is 256 Å². The van der Waals surface area contributed by atoms with Crippen LogP contribution < -0.4 is 10.6 Å². The maximum atomic E-state index is 13.4. The Morgan fingerprint density at radius 2 is 1.60 bits per heavy atom. The molecule has 0 aliphatic carbocycles. The van der Waals surface area contributed by atoms with Crippen LogP contribution >= 0.6 is 24.4 Å².